The SMILES string of the molecule is COc1ccc2occ(C)c(=O)c2c1. The van der Waals surface area contributed by atoms with Gasteiger partial charge < -0.3 is 9.15 Å². The number of fused-ring (bicyclic) bond motifs is 1. The first kappa shape index (κ1) is 8.81. The Kier molecular flexibility index (Phi) is 2.00. The van der Waals surface area contributed by atoms with Crippen molar-refractivity contribution in [3.8, 4) is 5.75 Å². The Hall–Kier alpha value is -1.77. The molecular formula is C11H10O3. The van der Waals surface area contributed by atoms with Crippen LogP contribution in [0.2, 0.25) is 0 Å². The lowest BCUT2D eigenvalue weighted by Crippen LogP contribution is -2.04. The molecule has 0 aliphatic heterocycles. The minimum atomic E-state index is -0.00912. The monoisotopic (exact) mass is 190 g/mol. The predicted octanol–water partition coefficient (Wildman–Crippen LogP) is 2.11. The van der Waals surface area contributed by atoms with Gasteiger partial charge in [0.05, 0.1) is 18.8 Å². The average molecular weight is 190 g/mol. The molecule has 1 aromatic carbocycles. The van der Waals surface area contributed by atoms with Crippen molar-refractivity contribution < 1.29 is 9.15 Å². The fourth-order valence-corrected chi connectivity index (χ4v) is 1.33. The number of methoxy groups -OCH3 is 1. The third kappa shape index (κ3) is 1.27. The van der Waals surface area contributed by atoms with E-state index in [9.17, 15) is 4.79 Å². The quantitative estimate of drug-likeness (QED) is 0.691. The second kappa shape index (κ2) is 3.18. The Labute approximate surface area is 80.9 Å². The topological polar surface area (TPSA) is 39.4 Å². The summed E-state index contributed by atoms with van der Waals surface area (Å²) in [5, 5.41) is 0.560. The standard InChI is InChI=1S/C11H10O3/c1-7-6-14-10-4-3-8(13-2)5-9(10)11(7)12/h3-6H,1-2H3. The molecule has 0 spiro atoms. The molecule has 14 heavy (non-hydrogen) atoms. The second-order valence-electron chi connectivity index (χ2n) is 3.11. The molecular weight excluding hydrogens is 180 g/mol. The van der Waals surface area contributed by atoms with E-state index in [0.717, 1.165) is 0 Å². The minimum absolute atomic E-state index is 0.00912. The van der Waals surface area contributed by atoms with E-state index in [1.165, 1.54) is 6.26 Å². The minimum Gasteiger partial charge on any atom is -0.497 e. The average Bonchev–Trinajstić information content (AvgIpc) is 2.23. The van der Waals surface area contributed by atoms with Crippen LogP contribution in [0.25, 0.3) is 11.0 Å². The zero-order chi connectivity index (χ0) is 10.1. The molecule has 0 fully saturated rings. The summed E-state index contributed by atoms with van der Waals surface area (Å²) in [6.45, 7) is 1.73. The third-order valence-corrected chi connectivity index (χ3v) is 2.15. The number of rotatable bonds is 1. The first-order valence-electron chi connectivity index (χ1n) is 4.28. The molecule has 0 saturated heterocycles. The van der Waals surface area contributed by atoms with E-state index < -0.39 is 0 Å². The van der Waals surface area contributed by atoms with Crippen molar-refractivity contribution in [3.63, 3.8) is 0 Å². The van der Waals surface area contributed by atoms with Crippen LogP contribution in [0.3, 0.4) is 0 Å². The van der Waals surface area contributed by atoms with E-state index in [4.69, 9.17) is 9.15 Å². The van der Waals surface area contributed by atoms with Crippen molar-refractivity contribution in [2.24, 2.45) is 0 Å². The molecule has 72 valence electrons. The van der Waals surface area contributed by atoms with Crippen LogP contribution in [0.1, 0.15) is 5.56 Å². The number of ether oxygens (including phenoxy) is 1. The van der Waals surface area contributed by atoms with Crippen LogP contribution in [-0.4, -0.2) is 7.11 Å². The summed E-state index contributed by atoms with van der Waals surface area (Å²) in [6.07, 6.45) is 1.47. The molecule has 0 unspecified atom stereocenters. The normalized spacial score (nSPS) is 10.4. The zero-order valence-electron chi connectivity index (χ0n) is 8.03. The molecule has 0 amide bonds. The van der Waals surface area contributed by atoms with E-state index in [1.54, 1.807) is 32.2 Å². The van der Waals surface area contributed by atoms with Gasteiger partial charge in [0.1, 0.15) is 11.3 Å². The first-order valence-corrected chi connectivity index (χ1v) is 4.28. The van der Waals surface area contributed by atoms with Gasteiger partial charge in [0, 0.05) is 5.56 Å². The van der Waals surface area contributed by atoms with Crippen LogP contribution < -0.4 is 10.2 Å². The van der Waals surface area contributed by atoms with Crippen molar-refractivity contribution in [3.05, 3.63) is 40.2 Å². The highest BCUT2D eigenvalue weighted by atomic mass is 16.5. The summed E-state index contributed by atoms with van der Waals surface area (Å²) in [7, 11) is 1.57. The van der Waals surface area contributed by atoms with Crippen LogP contribution in [0.4, 0.5) is 0 Å². The summed E-state index contributed by atoms with van der Waals surface area (Å²) >= 11 is 0. The number of hydrogen-bond donors (Lipinski definition) is 0. The fraction of sp³-hybridized carbons (Fsp3) is 0.182. The van der Waals surface area contributed by atoms with Gasteiger partial charge in [-0.15, -0.1) is 0 Å². The summed E-state index contributed by atoms with van der Waals surface area (Å²) in [5.74, 6) is 0.662. The Bertz CT molecular complexity index is 526. The van der Waals surface area contributed by atoms with Crippen molar-refractivity contribution in [1.82, 2.24) is 0 Å². The highest BCUT2D eigenvalue weighted by molar-refractivity contribution is 5.78. The lowest BCUT2D eigenvalue weighted by atomic mass is 10.2. The Morgan fingerprint density at radius 3 is 2.86 bits per heavy atom. The first-order chi connectivity index (χ1) is 6.72. The summed E-state index contributed by atoms with van der Waals surface area (Å²) in [6, 6.07) is 5.18. The van der Waals surface area contributed by atoms with Crippen LogP contribution >= 0.6 is 0 Å². The molecule has 0 bridgehead atoms. The van der Waals surface area contributed by atoms with Crippen LogP contribution in [0.15, 0.2) is 33.7 Å². The Morgan fingerprint density at radius 2 is 2.14 bits per heavy atom. The maximum atomic E-state index is 11.7. The lowest BCUT2D eigenvalue weighted by Gasteiger charge is -2.01. The van der Waals surface area contributed by atoms with E-state index in [0.29, 0.717) is 22.3 Å². The Balaban J connectivity index is 2.85. The highest BCUT2D eigenvalue weighted by Gasteiger charge is 2.04. The molecule has 1 heterocycles. The molecule has 2 rings (SSSR count). The van der Waals surface area contributed by atoms with E-state index in [-0.39, 0.29) is 5.43 Å². The maximum absolute atomic E-state index is 11.7. The van der Waals surface area contributed by atoms with Gasteiger partial charge in [-0.05, 0) is 25.1 Å². The highest BCUT2D eigenvalue weighted by Crippen LogP contribution is 2.18. The van der Waals surface area contributed by atoms with Crippen LogP contribution in [0.5, 0.6) is 5.75 Å². The number of hydrogen-bond acceptors (Lipinski definition) is 3. The molecule has 0 radical (unpaired) electrons. The van der Waals surface area contributed by atoms with E-state index in [1.807, 2.05) is 0 Å². The van der Waals surface area contributed by atoms with Crippen LogP contribution in [-0.2, 0) is 0 Å². The van der Waals surface area contributed by atoms with Gasteiger partial charge in [-0.2, -0.15) is 0 Å². The van der Waals surface area contributed by atoms with Gasteiger partial charge in [0.2, 0.25) is 0 Å². The molecule has 0 aliphatic rings. The summed E-state index contributed by atoms with van der Waals surface area (Å²) in [5.41, 5.74) is 1.18. The summed E-state index contributed by atoms with van der Waals surface area (Å²) < 4.78 is 10.3. The predicted molar refractivity (Wildman–Crippen MR) is 53.8 cm³/mol. The molecule has 2 aromatic rings. The fourth-order valence-electron chi connectivity index (χ4n) is 1.33. The van der Waals surface area contributed by atoms with Gasteiger partial charge in [0.25, 0.3) is 0 Å². The number of aryl methyl sites for hydroxylation is 1. The van der Waals surface area contributed by atoms with Crippen molar-refractivity contribution in [2.45, 2.75) is 6.92 Å². The van der Waals surface area contributed by atoms with E-state index in [2.05, 4.69) is 0 Å². The van der Waals surface area contributed by atoms with Gasteiger partial charge in [-0.1, -0.05) is 0 Å². The van der Waals surface area contributed by atoms with Crippen molar-refractivity contribution in [2.75, 3.05) is 7.11 Å². The zero-order valence-corrected chi connectivity index (χ0v) is 8.03. The number of benzene rings is 1. The van der Waals surface area contributed by atoms with Gasteiger partial charge in [-0.3, -0.25) is 4.79 Å². The largest absolute Gasteiger partial charge is 0.497 e. The second-order valence-corrected chi connectivity index (χ2v) is 3.11. The smallest absolute Gasteiger partial charge is 0.195 e. The van der Waals surface area contributed by atoms with Gasteiger partial charge in [0.15, 0.2) is 5.43 Å². The Morgan fingerprint density at radius 1 is 1.36 bits per heavy atom. The third-order valence-electron chi connectivity index (χ3n) is 2.15. The van der Waals surface area contributed by atoms with E-state index >= 15 is 0 Å². The molecule has 0 saturated carbocycles. The van der Waals surface area contributed by atoms with Crippen molar-refractivity contribution >= 4 is 11.0 Å². The molecule has 3 nitrogen and oxygen atoms in total. The van der Waals surface area contributed by atoms with Crippen molar-refractivity contribution in [1.29, 1.82) is 0 Å². The maximum Gasteiger partial charge on any atom is 0.195 e. The molecule has 0 N–H and O–H groups in total. The summed E-state index contributed by atoms with van der Waals surface area (Å²) in [4.78, 5) is 11.7. The molecule has 0 atom stereocenters. The lowest BCUT2D eigenvalue weighted by molar-refractivity contribution is 0.415. The molecule has 0 aliphatic carbocycles. The van der Waals surface area contributed by atoms with Gasteiger partial charge in [-0.25, -0.2) is 0 Å². The van der Waals surface area contributed by atoms with Gasteiger partial charge >= 0.3 is 0 Å². The molecule has 1 aromatic heterocycles. The molecule has 3 heteroatoms. The van der Waals surface area contributed by atoms with Crippen LogP contribution in [0, 0.1) is 6.92 Å².